The van der Waals surface area contributed by atoms with Gasteiger partial charge in [-0.1, -0.05) is 6.07 Å². The highest BCUT2D eigenvalue weighted by atomic mass is 16.5. The SMILES string of the molecule is COc1ccc(C2C(C(=O)OC(C)C)=C(C)Nc3ncnn32)cc1O. The second-order valence-electron chi connectivity index (χ2n) is 5.98. The predicted molar refractivity (Wildman–Crippen MR) is 90.4 cm³/mol. The lowest BCUT2D eigenvalue weighted by molar-refractivity contribution is -0.143. The molecule has 1 unspecified atom stereocenters. The van der Waals surface area contributed by atoms with E-state index in [9.17, 15) is 9.90 Å². The van der Waals surface area contributed by atoms with Crippen LogP contribution in [-0.4, -0.2) is 39.1 Å². The van der Waals surface area contributed by atoms with Crippen LogP contribution < -0.4 is 10.1 Å². The number of carbonyl (C=O) groups excluding carboxylic acids is 1. The Balaban J connectivity index is 2.12. The van der Waals surface area contributed by atoms with Gasteiger partial charge in [0.25, 0.3) is 0 Å². The first-order chi connectivity index (χ1) is 11.9. The molecule has 0 spiro atoms. The number of phenols is 1. The van der Waals surface area contributed by atoms with Gasteiger partial charge in [-0.25, -0.2) is 9.48 Å². The summed E-state index contributed by atoms with van der Waals surface area (Å²) < 4.78 is 12.1. The van der Waals surface area contributed by atoms with E-state index in [0.29, 0.717) is 28.5 Å². The van der Waals surface area contributed by atoms with Crippen molar-refractivity contribution in [3.63, 3.8) is 0 Å². The minimum absolute atomic E-state index is 0.0190. The molecule has 0 bridgehead atoms. The molecule has 25 heavy (non-hydrogen) atoms. The topological polar surface area (TPSA) is 98.5 Å². The summed E-state index contributed by atoms with van der Waals surface area (Å²) in [6, 6.07) is 4.40. The van der Waals surface area contributed by atoms with E-state index in [1.807, 2.05) is 0 Å². The average Bonchev–Trinajstić information content (AvgIpc) is 3.00. The molecule has 3 rings (SSSR count). The molecular weight excluding hydrogens is 324 g/mol. The molecule has 0 fully saturated rings. The fourth-order valence-corrected chi connectivity index (χ4v) is 2.82. The summed E-state index contributed by atoms with van der Waals surface area (Å²) in [4.78, 5) is 16.8. The van der Waals surface area contributed by atoms with Crippen molar-refractivity contribution in [3.8, 4) is 11.5 Å². The molecule has 0 amide bonds. The molecular formula is C17H20N4O4. The van der Waals surface area contributed by atoms with Gasteiger partial charge in [-0.3, -0.25) is 0 Å². The van der Waals surface area contributed by atoms with E-state index in [1.54, 1.807) is 43.7 Å². The van der Waals surface area contributed by atoms with Gasteiger partial charge in [-0.2, -0.15) is 10.1 Å². The van der Waals surface area contributed by atoms with Crippen LogP contribution in [0.1, 0.15) is 32.4 Å². The van der Waals surface area contributed by atoms with Crippen molar-refractivity contribution in [1.82, 2.24) is 14.8 Å². The molecule has 1 aromatic carbocycles. The first kappa shape index (κ1) is 16.8. The van der Waals surface area contributed by atoms with Crippen LogP contribution >= 0.6 is 0 Å². The number of carbonyl (C=O) groups is 1. The van der Waals surface area contributed by atoms with E-state index in [0.717, 1.165) is 0 Å². The maximum Gasteiger partial charge on any atom is 0.338 e. The monoisotopic (exact) mass is 344 g/mol. The Labute approximate surface area is 145 Å². The Morgan fingerprint density at radius 1 is 1.40 bits per heavy atom. The molecule has 0 saturated heterocycles. The number of nitrogens with one attached hydrogen (secondary N) is 1. The Kier molecular flexibility index (Phi) is 4.35. The first-order valence-electron chi connectivity index (χ1n) is 7.87. The second-order valence-corrected chi connectivity index (χ2v) is 5.98. The van der Waals surface area contributed by atoms with Crippen LogP contribution in [0.4, 0.5) is 5.95 Å². The zero-order chi connectivity index (χ0) is 18.1. The van der Waals surface area contributed by atoms with Crippen molar-refractivity contribution >= 4 is 11.9 Å². The molecule has 1 aliphatic heterocycles. The van der Waals surface area contributed by atoms with E-state index in [-0.39, 0.29) is 11.9 Å². The summed E-state index contributed by atoms with van der Waals surface area (Å²) >= 11 is 0. The van der Waals surface area contributed by atoms with Gasteiger partial charge < -0.3 is 19.9 Å². The third-order valence-corrected chi connectivity index (χ3v) is 3.88. The van der Waals surface area contributed by atoms with Gasteiger partial charge in [-0.05, 0) is 38.5 Å². The molecule has 8 nitrogen and oxygen atoms in total. The first-order valence-corrected chi connectivity index (χ1v) is 7.87. The average molecular weight is 344 g/mol. The number of aromatic hydroxyl groups is 1. The molecule has 132 valence electrons. The standard InChI is InChI=1S/C17H20N4O4/c1-9(2)25-16(23)14-10(3)20-17-18-8-19-21(17)15(14)11-5-6-13(24-4)12(22)7-11/h5-9,15,22H,1-4H3,(H,18,19,20). The highest BCUT2D eigenvalue weighted by Crippen LogP contribution is 2.38. The summed E-state index contributed by atoms with van der Waals surface area (Å²) in [7, 11) is 1.48. The van der Waals surface area contributed by atoms with Gasteiger partial charge >= 0.3 is 5.97 Å². The molecule has 2 N–H and O–H groups in total. The Hall–Kier alpha value is -3.03. The number of benzene rings is 1. The van der Waals surface area contributed by atoms with Crippen LogP contribution in [0.15, 0.2) is 35.8 Å². The van der Waals surface area contributed by atoms with Crippen LogP contribution in [0.5, 0.6) is 11.5 Å². The van der Waals surface area contributed by atoms with Crippen LogP contribution in [0, 0.1) is 0 Å². The van der Waals surface area contributed by atoms with Gasteiger partial charge in [0.05, 0.1) is 18.8 Å². The van der Waals surface area contributed by atoms with Crippen molar-refractivity contribution < 1.29 is 19.4 Å². The van der Waals surface area contributed by atoms with Crippen molar-refractivity contribution in [2.45, 2.75) is 32.9 Å². The lowest BCUT2D eigenvalue weighted by Crippen LogP contribution is -2.30. The van der Waals surface area contributed by atoms with Crippen molar-refractivity contribution in [2.24, 2.45) is 0 Å². The zero-order valence-electron chi connectivity index (χ0n) is 14.5. The number of anilines is 1. The van der Waals surface area contributed by atoms with E-state index in [1.165, 1.54) is 13.4 Å². The second kappa shape index (κ2) is 6.46. The van der Waals surface area contributed by atoms with E-state index < -0.39 is 12.0 Å². The summed E-state index contributed by atoms with van der Waals surface area (Å²) in [5.74, 6) is 0.401. The van der Waals surface area contributed by atoms with Crippen molar-refractivity contribution in [2.75, 3.05) is 12.4 Å². The van der Waals surface area contributed by atoms with Crippen molar-refractivity contribution in [1.29, 1.82) is 0 Å². The molecule has 2 aromatic rings. The zero-order valence-corrected chi connectivity index (χ0v) is 14.5. The quantitative estimate of drug-likeness (QED) is 0.821. The molecule has 0 radical (unpaired) electrons. The van der Waals surface area contributed by atoms with Gasteiger partial charge in [0, 0.05) is 5.70 Å². The molecule has 1 aliphatic rings. The number of aromatic nitrogens is 3. The number of nitrogens with zero attached hydrogens (tertiary/aromatic N) is 3. The minimum Gasteiger partial charge on any atom is -0.504 e. The number of phenolic OH excluding ortho intramolecular Hbond substituents is 1. The largest absolute Gasteiger partial charge is 0.504 e. The van der Waals surface area contributed by atoms with Gasteiger partial charge in [0.15, 0.2) is 11.5 Å². The molecule has 1 aromatic heterocycles. The molecule has 1 atom stereocenters. The normalized spacial score (nSPS) is 16.4. The fraction of sp³-hybridized carbons (Fsp3) is 0.353. The van der Waals surface area contributed by atoms with Gasteiger partial charge in [-0.15, -0.1) is 0 Å². The Morgan fingerprint density at radius 2 is 2.16 bits per heavy atom. The van der Waals surface area contributed by atoms with Gasteiger partial charge in [0.2, 0.25) is 5.95 Å². The van der Waals surface area contributed by atoms with E-state index >= 15 is 0 Å². The number of hydrogen-bond donors (Lipinski definition) is 2. The molecule has 8 heteroatoms. The predicted octanol–water partition coefficient (Wildman–Crippen LogP) is 2.23. The van der Waals surface area contributed by atoms with E-state index in [4.69, 9.17) is 9.47 Å². The Morgan fingerprint density at radius 3 is 2.80 bits per heavy atom. The summed E-state index contributed by atoms with van der Waals surface area (Å²) in [5, 5.41) is 17.4. The lowest BCUT2D eigenvalue weighted by Gasteiger charge is -2.28. The summed E-state index contributed by atoms with van der Waals surface area (Å²) in [6.45, 7) is 5.36. The fourth-order valence-electron chi connectivity index (χ4n) is 2.82. The van der Waals surface area contributed by atoms with Crippen LogP contribution in [-0.2, 0) is 9.53 Å². The number of hydrogen-bond acceptors (Lipinski definition) is 7. The van der Waals surface area contributed by atoms with Crippen LogP contribution in [0.25, 0.3) is 0 Å². The number of ether oxygens (including phenoxy) is 2. The summed E-state index contributed by atoms with van der Waals surface area (Å²) in [6.07, 6.45) is 1.15. The highest BCUT2D eigenvalue weighted by Gasteiger charge is 2.35. The molecule has 2 heterocycles. The van der Waals surface area contributed by atoms with Crippen LogP contribution in [0.2, 0.25) is 0 Å². The smallest absolute Gasteiger partial charge is 0.338 e. The maximum absolute atomic E-state index is 12.7. The third-order valence-electron chi connectivity index (χ3n) is 3.88. The number of esters is 1. The molecule has 0 aliphatic carbocycles. The van der Waals surface area contributed by atoms with Gasteiger partial charge in [0.1, 0.15) is 12.4 Å². The van der Waals surface area contributed by atoms with Crippen molar-refractivity contribution in [3.05, 3.63) is 41.4 Å². The number of fused-ring (bicyclic) bond motifs is 1. The molecule has 0 saturated carbocycles. The number of methoxy groups -OCH3 is 1. The highest BCUT2D eigenvalue weighted by molar-refractivity contribution is 5.92. The maximum atomic E-state index is 12.7. The van der Waals surface area contributed by atoms with Crippen LogP contribution in [0.3, 0.4) is 0 Å². The Bertz CT molecular complexity index is 841. The van der Waals surface area contributed by atoms with E-state index in [2.05, 4.69) is 15.4 Å². The minimum atomic E-state index is -0.568. The lowest BCUT2D eigenvalue weighted by atomic mass is 9.95. The number of allylic oxidation sites excluding steroid dienone is 1. The summed E-state index contributed by atoms with van der Waals surface area (Å²) in [5.41, 5.74) is 1.71. The third kappa shape index (κ3) is 3.02. The number of rotatable bonds is 4.